The van der Waals surface area contributed by atoms with E-state index < -0.39 is 10.0 Å². The standard InChI is InChI=1S/C21H20N6O2S2/c28-31(29,16-4-2-1-3-5-16)27-18-12-14(6-10-23-18)20-25-17-8-11-30-19(17)21(26-20)24-15-7-9-22-13-15/h1-6,8,10-12,15,22H,7,9,13H2,(H,23,27)(H,24,25,26). The molecule has 0 spiro atoms. The molecule has 4 heterocycles. The number of thiophene rings is 1. The van der Waals surface area contributed by atoms with Crippen molar-refractivity contribution < 1.29 is 8.42 Å². The number of sulfonamides is 1. The van der Waals surface area contributed by atoms with Crippen LogP contribution >= 0.6 is 11.3 Å². The Morgan fingerprint density at radius 3 is 2.77 bits per heavy atom. The van der Waals surface area contributed by atoms with Crippen LogP contribution in [-0.2, 0) is 10.0 Å². The smallest absolute Gasteiger partial charge is 0.263 e. The molecule has 0 radical (unpaired) electrons. The molecule has 0 saturated carbocycles. The summed E-state index contributed by atoms with van der Waals surface area (Å²) in [6.07, 6.45) is 2.58. The summed E-state index contributed by atoms with van der Waals surface area (Å²) < 4.78 is 28.8. The van der Waals surface area contributed by atoms with Crippen molar-refractivity contribution >= 4 is 43.2 Å². The summed E-state index contributed by atoms with van der Waals surface area (Å²) in [5, 5.41) is 8.86. The Balaban J connectivity index is 1.48. The molecule has 1 aliphatic rings. The average molecular weight is 453 g/mol. The van der Waals surface area contributed by atoms with Crippen molar-refractivity contribution in [1.82, 2.24) is 20.3 Å². The Labute approximate surface area is 183 Å². The molecule has 1 aliphatic heterocycles. The van der Waals surface area contributed by atoms with Crippen LogP contribution in [0.25, 0.3) is 21.6 Å². The molecule has 3 N–H and O–H groups in total. The van der Waals surface area contributed by atoms with E-state index in [4.69, 9.17) is 4.98 Å². The summed E-state index contributed by atoms with van der Waals surface area (Å²) >= 11 is 1.60. The molecule has 31 heavy (non-hydrogen) atoms. The predicted octanol–water partition coefficient (Wildman–Crippen LogP) is 3.33. The first-order chi connectivity index (χ1) is 15.1. The zero-order valence-electron chi connectivity index (χ0n) is 16.4. The molecular weight excluding hydrogens is 432 g/mol. The molecule has 1 fully saturated rings. The van der Waals surface area contributed by atoms with Gasteiger partial charge >= 0.3 is 0 Å². The fraction of sp³-hybridized carbons (Fsp3) is 0.190. The minimum Gasteiger partial charge on any atom is -0.365 e. The molecule has 0 bridgehead atoms. The lowest BCUT2D eigenvalue weighted by Crippen LogP contribution is -2.22. The van der Waals surface area contributed by atoms with E-state index >= 15 is 0 Å². The molecular formula is C21H20N6O2S2. The number of aromatic nitrogens is 3. The maximum atomic E-state index is 12.6. The van der Waals surface area contributed by atoms with E-state index in [-0.39, 0.29) is 10.7 Å². The lowest BCUT2D eigenvalue weighted by atomic mass is 10.2. The first-order valence-electron chi connectivity index (χ1n) is 9.85. The van der Waals surface area contributed by atoms with Gasteiger partial charge in [-0.2, -0.15) is 0 Å². The highest BCUT2D eigenvalue weighted by Crippen LogP contribution is 2.30. The molecule has 4 aromatic rings. The summed E-state index contributed by atoms with van der Waals surface area (Å²) in [7, 11) is -3.73. The van der Waals surface area contributed by atoms with Gasteiger partial charge in [0.2, 0.25) is 0 Å². The molecule has 1 aromatic carbocycles. The van der Waals surface area contributed by atoms with Gasteiger partial charge in [0.1, 0.15) is 11.6 Å². The van der Waals surface area contributed by atoms with Gasteiger partial charge in [-0.25, -0.2) is 23.4 Å². The van der Waals surface area contributed by atoms with Gasteiger partial charge in [0, 0.05) is 24.3 Å². The number of anilines is 2. The monoisotopic (exact) mass is 452 g/mol. The third-order valence-corrected chi connectivity index (χ3v) is 7.30. The van der Waals surface area contributed by atoms with Gasteiger partial charge in [0.25, 0.3) is 10.0 Å². The number of nitrogens with zero attached hydrogens (tertiary/aromatic N) is 3. The topological polar surface area (TPSA) is 109 Å². The molecule has 158 valence electrons. The van der Waals surface area contributed by atoms with Crippen LogP contribution in [0.2, 0.25) is 0 Å². The predicted molar refractivity (Wildman–Crippen MR) is 123 cm³/mol. The molecule has 10 heteroatoms. The van der Waals surface area contributed by atoms with Crippen LogP contribution in [0.1, 0.15) is 6.42 Å². The molecule has 0 amide bonds. The lowest BCUT2D eigenvalue weighted by molar-refractivity contribution is 0.601. The lowest BCUT2D eigenvalue weighted by Gasteiger charge is -2.14. The highest BCUT2D eigenvalue weighted by molar-refractivity contribution is 7.92. The van der Waals surface area contributed by atoms with Crippen molar-refractivity contribution in [2.24, 2.45) is 0 Å². The van der Waals surface area contributed by atoms with E-state index in [9.17, 15) is 8.42 Å². The van der Waals surface area contributed by atoms with Crippen LogP contribution in [0.15, 0.2) is 65.0 Å². The maximum absolute atomic E-state index is 12.6. The van der Waals surface area contributed by atoms with E-state index in [0.29, 0.717) is 17.4 Å². The molecule has 1 unspecified atom stereocenters. The Kier molecular flexibility index (Phi) is 5.26. The van der Waals surface area contributed by atoms with E-state index in [2.05, 4.69) is 25.3 Å². The van der Waals surface area contributed by atoms with E-state index in [1.165, 1.54) is 12.1 Å². The number of rotatable bonds is 6. The SMILES string of the molecule is O=S(=O)(Nc1cc(-c2nc(NC3CCNC3)c3sccc3n2)ccn1)c1ccccc1. The number of nitrogens with one attached hydrogen (secondary N) is 3. The van der Waals surface area contributed by atoms with Gasteiger partial charge in [0.05, 0.1) is 15.1 Å². The Hall–Kier alpha value is -3.08. The quantitative estimate of drug-likeness (QED) is 0.412. The summed E-state index contributed by atoms with van der Waals surface area (Å²) in [5.41, 5.74) is 1.54. The normalized spacial score (nSPS) is 16.5. The van der Waals surface area contributed by atoms with Crippen LogP contribution in [0.4, 0.5) is 11.6 Å². The van der Waals surface area contributed by atoms with Gasteiger partial charge in [0.15, 0.2) is 5.82 Å². The van der Waals surface area contributed by atoms with Crippen molar-refractivity contribution in [3.05, 3.63) is 60.1 Å². The first kappa shape index (κ1) is 19.9. The van der Waals surface area contributed by atoms with Crippen LogP contribution in [0.3, 0.4) is 0 Å². The van der Waals surface area contributed by atoms with Gasteiger partial charge in [-0.05, 0) is 48.7 Å². The van der Waals surface area contributed by atoms with Crippen molar-refractivity contribution in [3.8, 4) is 11.4 Å². The van der Waals surface area contributed by atoms with Gasteiger partial charge < -0.3 is 10.6 Å². The molecule has 0 aliphatic carbocycles. The summed E-state index contributed by atoms with van der Waals surface area (Å²) in [6.45, 7) is 1.88. The van der Waals surface area contributed by atoms with Crippen LogP contribution in [0.5, 0.6) is 0 Å². The highest BCUT2D eigenvalue weighted by atomic mass is 32.2. The minimum atomic E-state index is -3.73. The van der Waals surface area contributed by atoms with Crippen LogP contribution in [-0.4, -0.2) is 42.5 Å². The van der Waals surface area contributed by atoms with Crippen molar-refractivity contribution in [2.75, 3.05) is 23.1 Å². The van der Waals surface area contributed by atoms with Gasteiger partial charge in [-0.15, -0.1) is 11.3 Å². The van der Waals surface area contributed by atoms with Crippen LogP contribution in [0, 0.1) is 0 Å². The Morgan fingerprint density at radius 2 is 1.97 bits per heavy atom. The molecule has 1 saturated heterocycles. The summed E-state index contributed by atoms with van der Waals surface area (Å²) in [6, 6.07) is 13.9. The van der Waals surface area contributed by atoms with Crippen molar-refractivity contribution in [1.29, 1.82) is 0 Å². The fourth-order valence-corrected chi connectivity index (χ4v) is 5.29. The zero-order chi connectivity index (χ0) is 21.3. The first-order valence-corrected chi connectivity index (χ1v) is 12.2. The summed E-state index contributed by atoms with van der Waals surface area (Å²) in [5.74, 6) is 1.53. The number of benzene rings is 1. The average Bonchev–Trinajstić information content (AvgIpc) is 3.46. The minimum absolute atomic E-state index is 0.176. The van der Waals surface area contributed by atoms with Crippen molar-refractivity contribution in [3.63, 3.8) is 0 Å². The second-order valence-corrected chi connectivity index (χ2v) is 9.81. The van der Waals surface area contributed by atoms with Crippen LogP contribution < -0.4 is 15.4 Å². The largest absolute Gasteiger partial charge is 0.365 e. The molecule has 8 nitrogen and oxygen atoms in total. The Bertz CT molecular complexity index is 1320. The zero-order valence-corrected chi connectivity index (χ0v) is 18.1. The number of pyridine rings is 1. The number of hydrogen-bond donors (Lipinski definition) is 3. The third-order valence-electron chi connectivity index (χ3n) is 5.02. The fourth-order valence-electron chi connectivity index (χ4n) is 3.48. The van der Waals surface area contributed by atoms with Gasteiger partial charge in [-0.3, -0.25) is 4.72 Å². The van der Waals surface area contributed by atoms with Gasteiger partial charge in [-0.1, -0.05) is 18.2 Å². The highest BCUT2D eigenvalue weighted by Gasteiger charge is 2.19. The van der Waals surface area contributed by atoms with E-state index in [0.717, 1.165) is 35.5 Å². The van der Waals surface area contributed by atoms with E-state index in [1.807, 2.05) is 11.4 Å². The number of hydrogen-bond acceptors (Lipinski definition) is 8. The molecule has 3 aromatic heterocycles. The Morgan fingerprint density at radius 1 is 1.10 bits per heavy atom. The second-order valence-electron chi connectivity index (χ2n) is 7.21. The molecule has 1 atom stereocenters. The van der Waals surface area contributed by atoms with E-state index in [1.54, 1.807) is 47.9 Å². The summed E-state index contributed by atoms with van der Waals surface area (Å²) in [4.78, 5) is 13.8. The second kappa shape index (κ2) is 8.22. The van der Waals surface area contributed by atoms with Crippen molar-refractivity contribution in [2.45, 2.75) is 17.4 Å². The molecule has 5 rings (SSSR count). The number of fused-ring (bicyclic) bond motifs is 1. The third kappa shape index (κ3) is 4.22. The maximum Gasteiger partial charge on any atom is 0.263 e.